The summed E-state index contributed by atoms with van der Waals surface area (Å²) in [5, 5.41) is 30.4. The molecule has 13 nitrogen and oxygen atoms in total. The van der Waals surface area contributed by atoms with Crippen LogP contribution in [0.5, 0.6) is 5.75 Å². The van der Waals surface area contributed by atoms with Gasteiger partial charge in [0.05, 0.1) is 5.69 Å². The third-order valence-corrected chi connectivity index (χ3v) is 6.28. The number of carbonyl (C=O) groups excluding carboxylic acids is 2. The van der Waals surface area contributed by atoms with Gasteiger partial charge in [0, 0.05) is 24.8 Å². The van der Waals surface area contributed by atoms with Crippen molar-refractivity contribution in [2.45, 2.75) is 52.4 Å². The average Bonchev–Trinajstić information content (AvgIpc) is 3.36. The summed E-state index contributed by atoms with van der Waals surface area (Å²) >= 11 is 0. The Hall–Kier alpha value is -4.94. The SMILES string of the molecule is Cc1cc(NC(=O)NCCCCCCNC(=O)Nc2nc(=O)cc(C(C)C)[nH]2)c(O)c(-n2nc3ccccc3n2)c1. The molecule has 4 rings (SSSR count). The fourth-order valence-electron chi connectivity index (χ4n) is 4.15. The normalized spacial score (nSPS) is 11.0. The van der Waals surface area contributed by atoms with E-state index in [1.165, 1.54) is 10.9 Å². The van der Waals surface area contributed by atoms with Crippen LogP contribution in [0.1, 0.15) is 56.7 Å². The lowest BCUT2D eigenvalue weighted by molar-refractivity contribution is 0.250. The topological polar surface area (TPSA) is 179 Å². The number of nitrogens with one attached hydrogen (secondary N) is 5. The Kier molecular flexibility index (Phi) is 9.51. The van der Waals surface area contributed by atoms with Crippen LogP contribution in [0.4, 0.5) is 21.2 Å². The zero-order valence-electron chi connectivity index (χ0n) is 23.3. The molecule has 0 spiro atoms. The summed E-state index contributed by atoms with van der Waals surface area (Å²) in [5.74, 6) is 0.0890. The molecule has 0 saturated carbocycles. The zero-order chi connectivity index (χ0) is 29.4. The van der Waals surface area contributed by atoms with Gasteiger partial charge in [-0.25, -0.2) is 9.59 Å². The number of phenolic OH excluding ortho intramolecular Hbond substituents is 1. The molecule has 0 aliphatic heterocycles. The van der Waals surface area contributed by atoms with Gasteiger partial charge in [-0.3, -0.25) is 10.1 Å². The summed E-state index contributed by atoms with van der Waals surface area (Å²) in [6, 6.07) is 11.4. The first-order valence-electron chi connectivity index (χ1n) is 13.6. The Morgan fingerprint density at radius 2 is 1.54 bits per heavy atom. The monoisotopic (exact) mass is 561 g/mol. The largest absolute Gasteiger partial charge is 0.504 e. The number of anilines is 2. The van der Waals surface area contributed by atoms with Crippen molar-refractivity contribution in [1.29, 1.82) is 0 Å². The van der Waals surface area contributed by atoms with Gasteiger partial charge in [0.2, 0.25) is 5.95 Å². The smallest absolute Gasteiger partial charge is 0.321 e. The van der Waals surface area contributed by atoms with Crippen molar-refractivity contribution in [2.75, 3.05) is 23.7 Å². The van der Waals surface area contributed by atoms with Gasteiger partial charge in [-0.2, -0.15) is 4.98 Å². The maximum Gasteiger partial charge on any atom is 0.321 e. The van der Waals surface area contributed by atoms with Crippen LogP contribution in [0.3, 0.4) is 0 Å². The lowest BCUT2D eigenvalue weighted by Gasteiger charge is -2.13. The van der Waals surface area contributed by atoms with Crippen molar-refractivity contribution in [2.24, 2.45) is 0 Å². The quantitative estimate of drug-likeness (QED) is 0.118. The number of carbonyl (C=O) groups is 2. The Morgan fingerprint density at radius 3 is 2.15 bits per heavy atom. The summed E-state index contributed by atoms with van der Waals surface area (Å²) in [4.78, 5) is 44.3. The van der Waals surface area contributed by atoms with Gasteiger partial charge < -0.3 is 26.0 Å². The van der Waals surface area contributed by atoms with Crippen LogP contribution < -0.4 is 26.8 Å². The van der Waals surface area contributed by atoms with E-state index in [0.717, 1.165) is 31.2 Å². The van der Waals surface area contributed by atoms with Gasteiger partial charge in [-0.1, -0.05) is 38.8 Å². The van der Waals surface area contributed by atoms with E-state index < -0.39 is 17.6 Å². The first-order chi connectivity index (χ1) is 19.7. The molecule has 4 amide bonds. The molecule has 41 heavy (non-hydrogen) atoms. The Balaban J connectivity index is 1.15. The van der Waals surface area contributed by atoms with Crippen molar-refractivity contribution in [3.05, 3.63) is 64.1 Å². The minimum absolute atomic E-state index is 0.101. The van der Waals surface area contributed by atoms with Crippen molar-refractivity contribution in [3.8, 4) is 11.4 Å². The highest BCUT2D eigenvalue weighted by atomic mass is 16.3. The lowest BCUT2D eigenvalue weighted by Crippen LogP contribution is -2.31. The highest BCUT2D eigenvalue weighted by Crippen LogP contribution is 2.32. The second kappa shape index (κ2) is 13.4. The molecule has 2 aromatic heterocycles. The summed E-state index contributed by atoms with van der Waals surface area (Å²) in [6.45, 7) is 6.64. The minimum Gasteiger partial charge on any atom is -0.504 e. The molecule has 4 aromatic rings. The fourth-order valence-corrected chi connectivity index (χ4v) is 4.15. The maximum atomic E-state index is 12.5. The molecular weight excluding hydrogens is 526 g/mol. The molecular formula is C28H35N9O4. The van der Waals surface area contributed by atoms with Gasteiger partial charge in [-0.05, 0) is 55.5 Å². The van der Waals surface area contributed by atoms with Gasteiger partial charge >= 0.3 is 12.1 Å². The predicted molar refractivity (Wildman–Crippen MR) is 157 cm³/mol. The second-order valence-electron chi connectivity index (χ2n) is 10.0. The van der Waals surface area contributed by atoms with Crippen LogP contribution >= 0.6 is 0 Å². The van der Waals surface area contributed by atoms with Crippen LogP contribution in [-0.2, 0) is 0 Å². The number of phenols is 1. The number of nitrogens with zero attached hydrogens (tertiary/aromatic N) is 4. The number of aromatic amines is 1. The van der Waals surface area contributed by atoms with Crippen LogP contribution in [0, 0.1) is 6.92 Å². The number of urea groups is 2. The third kappa shape index (κ3) is 8.03. The van der Waals surface area contributed by atoms with Crippen LogP contribution in [0.25, 0.3) is 16.7 Å². The predicted octanol–water partition coefficient (Wildman–Crippen LogP) is 4.14. The number of H-pyrrole nitrogens is 1. The molecule has 0 bridgehead atoms. The molecule has 6 N–H and O–H groups in total. The van der Waals surface area contributed by atoms with Gasteiger partial charge in [0.15, 0.2) is 5.75 Å². The molecule has 0 atom stereocenters. The van der Waals surface area contributed by atoms with Gasteiger partial charge in [0.25, 0.3) is 5.56 Å². The number of hydrogen-bond acceptors (Lipinski definition) is 7. The third-order valence-electron chi connectivity index (χ3n) is 6.28. The number of benzene rings is 2. The van der Waals surface area contributed by atoms with Crippen molar-refractivity contribution in [3.63, 3.8) is 0 Å². The lowest BCUT2D eigenvalue weighted by atomic mass is 10.1. The fraction of sp³-hybridized carbons (Fsp3) is 0.357. The summed E-state index contributed by atoms with van der Waals surface area (Å²) < 4.78 is 0. The average molecular weight is 562 g/mol. The summed E-state index contributed by atoms with van der Waals surface area (Å²) in [5.41, 5.74) is 3.13. The summed E-state index contributed by atoms with van der Waals surface area (Å²) in [7, 11) is 0. The molecule has 0 aliphatic rings. The highest BCUT2D eigenvalue weighted by molar-refractivity contribution is 5.92. The number of rotatable bonds is 11. The Bertz CT molecular complexity index is 1550. The molecule has 0 saturated heterocycles. The second-order valence-corrected chi connectivity index (χ2v) is 10.0. The number of hydrogen-bond donors (Lipinski definition) is 6. The first-order valence-corrected chi connectivity index (χ1v) is 13.6. The van der Waals surface area contributed by atoms with Gasteiger partial charge in [0.1, 0.15) is 16.7 Å². The van der Waals surface area contributed by atoms with Crippen molar-refractivity contribution >= 4 is 34.7 Å². The molecule has 216 valence electrons. The number of amides is 4. The number of fused-ring (bicyclic) bond motifs is 1. The number of unbranched alkanes of at least 4 members (excludes halogenated alkanes) is 3. The van der Waals surface area contributed by atoms with E-state index in [2.05, 4.69) is 41.4 Å². The zero-order valence-corrected chi connectivity index (χ0v) is 23.3. The molecule has 0 radical (unpaired) electrons. The van der Waals surface area contributed by atoms with E-state index >= 15 is 0 Å². The standard InChI is InChI=1S/C28H35N9O4/c1-17(2)21-16-24(38)33-26(31-21)34-28(41)30-13-9-5-4-8-12-29-27(40)32-22-14-18(3)15-23(25(22)39)37-35-19-10-6-7-11-20(19)36-37/h6-7,10-11,14-17,39H,4-5,8-9,12-13H2,1-3H3,(H2,29,32,40)(H3,30,31,33,34,38,41). The number of aromatic nitrogens is 5. The van der Waals surface area contributed by atoms with Gasteiger partial charge in [-0.15, -0.1) is 15.0 Å². The number of aromatic hydroxyl groups is 1. The van der Waals surface area contributed by atoms with E-state index in [9.17, 15) is 19.5 Å². The van der Waals surface area contributed by atoms with Crippen LogP contribution in [0.15, 0.2) is 47.3 Å². The molecule has 13 heteroatoms. The van der Waals surface area contributed by atoms with Crippen molar-refractivity contribution in [1.82, 2.24) is 35.6 Å². The van der Waals surface area contributed by atoms with E-state index in [4.69, 9.17) is 0 Å². The molecule has 0 unspecified atom stereocenters. The van der Waals surface area contributed by atoms with Crippen LogP contribution in [-0.4, -0.2) is 55.2 Å². The van der Waals surface area contributed by atoms with Crippen LogP contribution in [0.2, 0.25) is 0 Å². The van der Waals surface area contributed by atoms with E-state index in [1.54, 1.807) is 12.1 Å². The highest BCUT2D eigenvalue weighted by Gasteiger charge is 2.15. The molecule has 2 heterocycles. The van der Waals surface area contributed by atoms with E-state index in [1.807, 2.05) is 45.0 Å². The number of aryl methyl sites for hydroxylation is 1. The molecule has 0 aliphatic carbocycles. The van der Waals surface area contributed by atoms with E-state index in [-0.39, 0.29) is 23.3 Å². The first kappa shape index (κ1) is 29.1. The maximum absolute atomic E-state index is 12.5. The minimum atomic E-state index is -0.438. The Labute approximate surface area is 236 Å². The Morgan fingerprint density at radius 1 is 0.927 bits per heavy atom. The molecule has 0 fully saturated rings. The summed E-state index contributed by atoms with van der Waals surface area (Å²) in [6.07, 6.45) is 3.22. The van der Waals surface area contributed by atoms with E-state index in [0.29, 0.717) is 35.5 Å². The molecule has 2 aromatic carbocycles. The van der Waals surface area contributed by atoms with Crippen molar-refractivity contribution < 1.29 is 14.7 Å².